The zero-order chi connectivity index (χ0) is 23.4. The second-order valence-electron chi connectivity index (χ2n) is 8.58. The van der Waals surface area contributed by atoms with Crippen molar-refractivity contribution in [1.82, 2.24) is 10.6 Å². The normalized spacial score (nSPS) is 16.2. The lowest BCUT2D eigenvalue weighted by Crippen LogP contribution is -2.52. The molecule has 1 unspecified atom stereocenters. The summed E-state index contributed by atoms with van der Waals surface area (Å²) in [6, 6.07) is 15.5. The van der Waals surface area contributed by atoms with Crippen LogP contribution in [0.25, 0.3) is 11.1 Å². The number of carboxylic acid groups (broad SMARTS) is 1. The Balaban J connectivity index is 1.38. The summed E-state index contributed by atoms with van der Waals surface area (Å²) in [6.45, 7) is 1.73. The van der Waals surface area contributed by atoms with Gasteiger partial charge in [0.1, 0.15) is 12.6 Å². The zero-order valence-electron chi connectivity index (χ0n) is 18.5. The minimum Gasteiger partial charge on any atom is -0.478 e. The summed E-state index contributed by atoms with van der Waals surface area (Å²) in [7, 11) is 0. The molecule has 2 aromatic carbocycles. The van der Waals surface area contributed by atoms with E-state index in [1.54, 1.807) is 0 Å². The largest absolute Gasteiger partial charge is 0.478 e. The first-order valence-electron chi connectivity index (χ1n) is 11.2. The lowest BCUT2D eigenvalue weighted by atomic mass is 9.79. The number of hydrogen-bond acceptors (Lipinski definition) is 4. The number of benzene rings is 2. The molecule has 1 atom stereocenters. The number of fused-ring (bicyclic) bond motifs is 3. The fourth-order valence-electron chi connectivity index (χ4n) is 4.44. The number of rotatable bonds is 8. The number of hydrogen-bond donors (Lipinski definition) is 3. The SMILES string of the molecule is C/C(=C\CNC(=O)C(NC(=O)OCC1c2ccccc2-c2ccccc21)C1CCC1)C(=O)O. The van der Waals surface area contributed by atoms with Crippen LogP contribution in [0.15, 0.2) is 60.2 Å². The van der Waals surface area contributed by atoms with Gasteiger partial charge in [0.2, 0.25) is 5.91 Å². The van der Waals surface area contributed by atoms with Crippen LogP contribution < -0.4 is 10.6 Å². The van der Waals surface area contributed by atoms with Gasteiger partial charge in [0.05, 0.1) is 0 Å². The van der Waals surface area contributed by atoms with Crippen molar-refractivity contribution in [3.05, 3.63) is 71.3 Å². The molecule has 0 heterocycles. The second-order valence-corrected chi connectivity index (χ2v) is 8.58. The van der Waals surface area contributed by atoms with Gasteiger partial charge < -0.3 is 20.5 Å². The second kappa shape index (κ2) is 9.90. The minimum atomic E-state index is -1.03. The van der Waals surface area contributed by atoms with Crippen LogP contribution in [0, 0.1) is 5.92 Å². The lowest BCUT2D eigenvalue weighted by molar-refractivity contribution is -0.132. The molecule has 2 aliphatic rings. The van der Waals surface area contributed by atoms with Crippen LogP contribution in [0.5, 0.6) is 0 Å². The number of alkyl carbamates (subject to hydrolysis) is 1. The van der Waals surface area contributed by atoms with Crippen molar-refractivity contribution >= 4 is 18.0 Å². The summed E-state index contributed by atoms with van der Waals surface area (Å²) < 4.78 is 5.59. The molecule has 1 saturated carbocycles. The molecule has 1 fully saturated rings. The molecule has 0 spiro atoms. The third kappa shape index (κ3) is 4.92. The number of carboxylic acids is 1. The first-order chi connectivity index (χ1) is 16.0. The summed E-state index contributed by atoms with van der Waals surface area (Å²) in [4.78, 5) is 36.2. The van der Waals surface area contributed by atoms with E-state index < -0.39 is 18.1 Å². The highest BCUT2D eigenvalue weighted by Gasteiger charge is 2.35. The summed E-state index contributed by atoms with van der Waals surface area (Å²) in [5.74, 6) is -1.36. The van der Waals surface area contributed by atoms with Gasteiger partial charge in [-0.2, -0.15) is 0 Å². The number of aliphatic carboxylic acids is 1. The van der Waals surface area contributed by atoms with Gasteiger partial charge in [-0.05, 0) is 47.9 Å². The average molecular weight is 449 g/mol. The van der Waals surface area contributed by atoms with Crippen molar-refractivity contribution in [3.8, 4) is 11.1 Å². The predicted octanol–water partition coefficient (Wildman–Crippen LogP) is 3.84. The fraction of sp³-hybridized carbons (Fsp3) is 0.346. The van der Waals surface area contributed by atoms with Crippen LogP contribution in [0.1, 0.15) is 43.2 Å². The van der Waals surface area contributed by atoms with Crippen molar-refractivity contribution < 1.29 is 24.2 Å². The van der Waals surface area contributed by atoms with E-state index in [1.807, 2.05) is 24.3 Å². The first-order valence-corrected chi connectivity index (χ1v) is 11.2. The van der Waals surface area contributed by atoms with Gasteiger partial charge in [-0.15, -0.1) is 0 Å². The van der Waals surface area contributed by atoms with E-state index in [-0.39, 0.29) is 36.5 Å². The number of ether oxygens (including phenoxy) is 1. The average Bonchev–Trinajstić information content (AvgIpc) is 3.09. The Labute approximate surface area is 192 Å². The third-order valence-corrected chi connectivity index (χ3v) is 6.54. The Hall–Kier alpha value is -3.61. The van der Waals surface area contributed by atoms with Crippen LogP contribution in [0.4, 0.5) is 4.79 Å². The van der Waals surface area contributed by atoms with Gasteiger partial charge in [0, 0.05) is 18.0 Å². The van der Waals surface area contributed by atoms with Gasteiger partial charge in [0.25, 0.3) is 0 Å². The summed E-state index contributed by atoms with van der Waals surface area (Å²) in [6.07, 6.45) is 3.53. The standard InChI is InChI=1S/C26H28N2O5/c1-16(25(30)31)13-14-27-24(29)23(17-7-6-8-17)28-26(32)33-15-22-20-11-4-2-9-18(20)19-10-3-5-12-21(19)22/h2-5,9-13,17,22-23H,6-8,14-15H2,1H3,(H,27,29)(H,28,32)(H,30,31)/b16-13+. The van der Waals surface area contributed by atoms with Crippen molar-refractivity contribution in [3.63, 3.8) is 0 Å². The molecule has 0 radical (unpaired) electrons. The maximum Gasteiger partial charge on any atom is 0.407 e. The molecule has 7 heteroatoms. The van der Waals surface area contributed by atoms with Gasteiger partial charge >= 0.3 is 12.1 Å². The van der Waals surface area contributed by atoms with Crippen molar-refractivity contribution in [2.45, 2.75) is 38.1 Å². The lowest BCUT2D eigenvalue weighted by Gasteiger charge is -2.33. The summed E-state index contributed by atoms with van der Waals surface area (Å²) >= 11 is 0. The van der Waals surface area contributed by atoms with Crippen molar-refractivity contribution in [2.24, 2.45) is 5.92 Å². The van der Waals surface area contributed by atoms with Crippen LogP contribution >= 0.6 is 0 Å². The number of amides is 2. The quantitative estimate of drug-likeness (QED) is 0.532. The Morgan fingerprint density at radius 3 is 2.21 bits per heavy atom. The monoisotopic (exact) mass is 448 g/mol. The van der Waals surface area contributed by atoms with Crippen molar-refractivity contribution in [2.75, 3.05) is 13.2 Å². The highest BCUT2D eigenvalue weighted by atomic mass is 16.5. The van der Waals surface area contributed by atoms with Gasteiger partial charge in [0.15, 0.2) is 0 Å². The highest BCUT2D eigenvalue weighted by molar-refractivity contribution is 5.87. The first kappa shape index (κ1) is 22.6. The van der Waals surface area contributed by atoms with Crippen LogP contribution in [-0.4, -0.2) is 42.3 Å². The van der Waals surface area contributed by atoms with Crippen LogP contribution in [0.2, 0.25) is 0 Å². The Morgan fingerprint density at radius 1 is 1.06 bits per heavy atom. The van der Waals surface area contributed by atoms with E-state index in [4.69, 9.17) is 9.84 Å². The topological polar surface area (TPSA) is 105 Å². The molecule has 4 rings (SSSR count). The van der Waals surface area contributed by atoms with Crippen LogP contribution in [-0.2, 0) is 14.3 Å². The Morgan fingerprint density at radius 2 is 1.67 bits per heavy atom. The minimum absolute atomic E-state index is 0.0510. The molecule has 0 aromatic heterocycles. The number of nitrogens with one attached hydrogen (secondary N) is 2. The summed E-state index contributed by atoms with van der Waals surface area (Å²) in [5.41, 5.74) is 4.71. The van der Waals surface area contributed by atoms with E-state index in [0.29, 0.717) is 0 Å². The smallest absolute Gasteiger partial charge is 0.407 e. The van der Waals surface area contributed by atoms with E-state index >= 15 is 0 Å². The van der Waals surface area contributed by atoms with E-state index in [0.717, 1.165) is 41.5 Å². The van der Waals surface area contributed by atoms with Gasteiger partial charge in [-0.25, -0.2) is 9.59 Å². The Bertz CT molecular complexity index is 1040. The molecular weight excluding hydrogens is 420 g/mol. The maximum atomic E-state index is 12.7. The van der Waals surface area contributed by atoms with Gasteiger partial charge in [-0.3, -0.25) is 4.79 Å². The molecule has 0 saturated heterocycles. The zero-order valence-corrected chi connectivity index (χ0v) is 18.5. The molecule has 0 aliphatic heterocycles. The fourth-order valence-corrected chi connectivity index (χ4v) is 4.44. The molecular formula is C26H28N2O5. The van der Waals surface area contributed by atoms with Crippen LogP contribution in [0.3, 0.4) is 0 Å². The number of carbonyl (C=O) groups excluding carboxylic acids is 2. The molecule has 2 amide bonds. The number of carbonyl (C=O) groups is 3. The summed E-state index contributed by atoms with van der Waals surface area (Å²) in [5, 5.41) is 14.4. The molecule has 2 aliphatic carbocycles. The molecule has 0 bridgehead atoms. The predicted molar refractivity (Wildman–Crippen MR) is 124 cm³/mol. The highest BCUT2D eigenvalue weighted by Crippen LogP contribution is 2.44. The van der Waals surface area contributed by atoms with E-state index in [2.05, 4.69) is 34.9 Å². The van der Waals surface area contributed by atoms with Crippen molar-refractivity contribution in [1.29, 1.82) is 0 Å². The third-order valence-electron chi connectivity index (χ3n) is 6.54. The Kier molecular flexibility index (Phi) is 6.77. The van der Waals surface area contributed by atoms with E-state index in [9.17, 15) is 14.4 Å². The maximum absolute atomic E-state index is 12.7. The molecule has 33 heavy (non-hydrogen) atoms. The molecule has 172 valence electrons. The van der Waals surface area contributed by atoms with Gasteiger partial charge in [-0.1, -0.05) is 61.0 Å². The molecule has 2 aromatic rings. The molecule has 7 nitrogen and oxygen atoms in total. The molecule has 3 N–H and O–H groups in total. The van der Waals surface area contributed by atoms with E-state index in [1.165, 1.54) is 13.0 Å².